The maximum Gasteiger partial charge on any atom is 1.00 e. The summed E-state index contributed by atoms with van der Waals surface area (Å²) in [6.07, 6.45) is 18.0. The number of oxime groups is 1. The zero-order valence-electron chi connectivity index (χ0n) is 21.7. The number of nitrogens with two attached hydrogens (primary N) is 2. The second kappa shape index (κ2) is 16.8. The van der Waals surface area contributed by atoms with Gasteiger partial charge in [0.05, 0.1) is 5.71 Å². The van der Waals surface area contributed by atoms with Gasteiger partial charge in [0, 0.05) is 42.9 Å². The molecule has 7 rings (SSSR count). The molecule has 7 nitrogen and oxygen atoms in total. The first-order chi connectivity index (χ1) is 15.7. The summed E-state index contributed by atoms with van der Waals surface area (Å²) in [7, 11) is 0. The monoisotopic (exact) mass is 489 g/mol. The van der Waals surface area contributed by atoms with E-state index in [0.717, 1.165) is 30.8 Å². The smallest absolute Gasteiger partial charge is 1.00 e. The maximum absolute atomic E-state index is 11.0. The van der Waals surface area contributed by atoms with Gasteiger partial charge in [-0.1, -0.05) is 5.16 Å². The summed E-state index contributed by atoms with van der Waals surface area (Å²) in [5, 5.41) is 18.4. The van der Waals surface area contributed by atoms with Gasteiger partial charge in [0.15, 0.2) is 17.4 Å². The molecular weight excluding hydrogens is 440 g/mol. The molecule has 6 saturated carbocycles. The van der Waals surface area contributed by atoms with Crippen molar-refractivity contribution in [1.29, 1.82) is 0 Å². The van der Waals surface area contributed by atoms with Crippen molar-refractivity contribution in [3.8, 4) is 0 Å². The number of rotatable bonds is 6. The van der Waals surface area contributed by atoms with Gasteiger partial charge < -0.3 is 22.3 Å². The van der Waals surface area contributed by atoms with Crippen LogP contribution in [0.2, 0.25) is 0 Å². The van der Waals surface area contributed by atoms with E-state index in [1.54, 1.807) is 0 Å². The Morgan fingerprint density at radius 1 is 0.765 bits per heavy atom. The van der Waals surface area contributed by atoms with E-state index in [2.05, 4.69) is 11.1 Å². The minimum Gasteiger partial charge on any atom is -1.00 e. The van der Waals surface area contributed by atoms with Gasteiger partial charge in [-0.15, -0.1) is 0 Å². The van der Waals surface area contributed by atoms with E-state index in [1.165, 1.54) is 89.9 Å². The fraction of sp³-hybridized carbons (Fsp3) is 0.920. The van der Waals surface area contributed by atoms with Gasteiger partial charge in [-0.3, -0.25) is 4.79 Å². The van der Waals surface area contributed by atoms with E-state index in [-0.39, 0.29) is 37.6 Å². The molecule has 9 heteroatoms. The quantitative estimate of drug-likeness (QED) is 0.183. The topological polar surface area (TPSA) is 131 Å². The summed E-state index contributed by atoms with van der Waals surface area (Å²) in [5.74, 6) is 8.31. The molecule has 0 unspecified atom stereocenters. The van der Waals surface area contributed by atoms with Crippen LogP contribution < -0.4 is 30.5 Å². The van der Waals surface area contributed by atoms with Crippen molar-refractivity contribution in [2.75, 3.05) is 13.2 Å². The van der Waals surface area contributed by atoms with Gasteiger partial charge in [-0.2, -0.15) is 0 Å². The Hall–Kier alpha value is 0.110. The Bertz CT molecular complexity index is 558. The van der Waals surface area contributed by atoms with E-state index < -0.39 is 0 Å². The number of nitrogens with zero attached hydrogens (tertiary/aromatic N) is 1. The van der Waals surface area contributed by atoms with Crippen molar-refractivity contribution in [3.63, 3.8) is 0 Å². The molecular formula is C25H49AlLiN3O4. The van der Waals surface area contributed by atoms with Crippen LogP contribution >= 0.6 is 0 Å². The Labute approximate surface area is 229 Å². The standard InChI is InChI=1S/C7H11NO.C7H13N.C7H10O.C4H8O.Al.Li.H3NO.4H/c9-8-7(5-1-2-5)6-3-4-6;2*8-7(5-1-2-5)6-3-4-6;1-2-4-5-3-1;;;1-2;;;;/h5-6,9H,1-4H2;5-7H,1-4,8H2;5-6H,1-4H2;1-4H2;;;2H,1H2;;;;/q;;;;;+1;;;;;-1. The number of ketones is 1. The summed E-state index contributed by atoms with van der Waals surface area (Å²) in [5.41, 5.74) is 6.98. The van der Waals surface area contributed by atoms with E-state index >= 15 is 0 Å². The zero-order chi connectivity index (χ0) is 22.9. The van der Waals surface area contributed by atoms with Gasteiger partial charge in [0.2, 0.25) is 0 Å². The first-order valence-corrected chi connectivity index (χ1v) is 13.0. The second-order valence-electron chi connectivity index (χ2n) is 10.6. The molecule has 192 valence electrons. The van der Waals surface area contributed by atoms with E-state index in [1.807, 2.05) is 0 Å². The third-order valence-corrected chi connectivity index (χ3v) is 7.23. The van der Waals surface area contributed by atoms with Crippen LogP contribution in [-0.4, -0.2) is 58.5 Å². The van der Waals surface area contributed by atoms with E-state index in [0.29, 0.717) is 35.5 Å². The molecule has 1 aliphatic heterocycles. The van der Waals surface area contributed by atoms with Crippen molar-refractivity contribution in [1.82, 2.24) is 0 Å². The van der Waals surface area contributed by atoms with Crippen LogP contribution in [-0.2, 0) is 9.53 Å². The Balaban J connectivity index is 0.000000424. The average molecular weight is 490 g/mol. The van der Waals surface area contributed by atoms with Gasteiger partial charge in [-0.25, -0.2) is 5.90 Å². The molecule has 0 bridgehead atoms. The summed E-state index contributed by atoms with van der Waals surface area (Å²) in [6.45, 7) is 2.00. The third-order valence-electron chi connectivity index (χ3n) is 7.23. The minimum absolute atomic E-state index is 0. The van der Waals surface area contributed by atoms with Crippen LogP contribution in [0.15, 0.2) is 5.16 Å². The van der Waals surface area contributed by atoms with Crippen molar-refractivity contribution < 1.29 is 40.2 Å². The van der Waals surface area contributed by atoms with Crippen LogP contribution in [0, 0.1) is 35.5 Å². The Kier molecular flexibility index (Phi) is 15.9. The number of carbonyl (C=O) groups excluding carboxylic acids is 1. The molecule has 34 heavy (non-hydrogen) atoms. The van der Waals surface area contributed by atoms with E-state index in [9.17, 15) is 4.79 Å². The molecule has 0 atom stereocenters. The number of ether oxygens (including phenoxy) is 1. The minimum atomic E-state index is 0. The van der Waals surface area contributed by atoms with Gasteiger partial charge >= 0.3 is 18.9 Å². The largest absolute Gasteiger partial charge is 1.00 e. The molecule has 1 heterocycles. The molecule has 0 radical (unpaired) electrons. The molecule has 7 fully saturated rings. The molecule has 0 amide bonds. The fourth-order valence-electron chi connectivity index (χ4n) is 4.18. The van der Waals surface area contributed by atoms with E-state index in [4.69, 9.17) is 20.9 Å². The van der Waals surface area contributed by atoms with Gasteiger partial charge in [0.1, 0.15) is 5.78 Å². The molecule has 0 aromatic carbocycles. The van der Waals surface area contributed by atoms with Crippen LogP contribution in [0.1, 0.15) is 91.3 Å². The first-order valence-electron chi connectivity index (χ1n) is 13.0. The van der Waals surface area contributed by atoms with Crippen LogP contribution in [0.5, 0.6) is 0 Å². The predicted octanol–water partition coefficient (Wildman–Crippen LogP) is 0.210. The van der Waals surface area contributed by atoms with Gasteiger partial charge in [-0.05, 0) is 102 Å². The molecule has 6 aliphatic carbocycles. The first kappa shape index (κ1) is 32.1. The summed E-state index contributed by atoms with van der Waals surface area (Å²) in [6, 6.07) is 0.593. The molecule has 1 saturated heterocycles. The average Bonchev–Trinajstić information content (AvgIpc) is 3.62. The SMILES string of the molecule is C1CCOC1.NC(C1CC1)C1CC1.NO.O=C(C1CC1)C1CC1.ON=C(C1CC1)C1CC1.[AlH3].[H-].[Li+]. The molecule has 6 N–H and O–H groups in total. The number of hydrogen-bond donors (Lipinski definition) is 4. The van der Waals surface area contributed by atoms with Crippen molar-refractivity contribution >= 4 is 28.9 Å². The number of carbonyl (C=O) groups is 1. The molecule has 0 spiro atoms. The maximum atomic E-state index is 11.0. The summed E-state index contributed by atoms with van der Waals surface area (Å²) >= 11 is 0. The Morgan fingerprint density at radius 3 is 1.32 bits per heavy atom. The van der Waals surface area contributed by atoms with Crippen molar-refractivity contribution in [3.05, 3.63) is 0 Å². The fourth-order valence-corrected chi connectivity index (χ4v) is 4.18. The van der Waals surface area contributed by atoms with Crippen molar-refractivity contribution in [2.24, 2.45) is 52.3 Å². The normalized spacial score (nSPS) is 24.0. The molecule has 0 aromatic rings. The zero-order valence-corrected chi connectivity index (χ0v) is 20.7. The summed E-state index contributed by atoms with van der Waals surface area (Å²) in [4.78, 5) is 11.0. The van der Waals surface area contributed by atoms with Gasteiger partial charge in [0.25, 0.3) is 0 Å². The molecule has 7 aliphatic rings. The third kappa shape index (κ3) is 12.9. The molecule has 0 aromatic heterocycles. The summed E-state index contributed by atoms with van der Waals surface area (Å²) < 4.78 is 4.94. The Morgan fingerprint density at radius 2 is 1.12 bits per heavy atom. The number of hydrogen-bond acceptors (Lipinski definition) is 7. The second-order valence-corrected chi connectivity index (χ2v) is 10.6. The number of Topliss-reactive ketones (excluding diaryl/α,β-unsaturated/α-hetero) is 1. The van der Waals surface area contributed by atoms with Crippen molar-refractivity contribution in [2.45, 2.75) is 95.9 Å². The van der Waals surface area contributed by atoms with Crippen LogP contribution in [0.4, 0.5) is 0 Å². The van der Waals surface area contributed by atoms with Crippen LogP contribution in [0.3, 0.4) is 0 Å². The van der Waals surface area contributed by atoms with Crippen LogP contribution in [0.25, 0.3) is 0 Å². The predicted molar refractivity (Wildman–Crippen MR) is 136 cm³/mol.